The zero-order valence-corrected chi connectivity index (χ0v) is 15.1. The Labute approximate surface area is 148 Å². The van der Waals surface area contributed by atoms with E-state index in [2.05, 4.69) is 10.1 Å². The summed E-state index contributed by atoms with van der Waals surface area (Å²) in [4.78, 5) is 17.7. The lowest BCUT2D eigenvalue weighted by Gasteiger charge is -2.18. The topological polar surface area (TPSA) is 70.6 Å². The van der Waals surface area contributed by atoms with Gasteiger partial charge in [-0.1, -0.05) is 11.3 Å². The van der Waals surface area contributed by atoms with Crippen LogP contribution in [0.1, 0.15) is 23.0 Å². The molecule has 1 aromatic carbocycles. The van der Waals surface area contributed by atoms with E-state index in [1.54, 1.807) is 17.9 Å². The SMILES string of the molecule is CCn1c(=NC(=O)c2c(C)cnn2C)sc2cc3c(cc21)OCCO3. The van der Waals surface area contributed by atoms with Gasteiger partial charge in [-0.3, -0.25) is 9.48 Å². The lowest BCUT2D eigenvalue weighted by molar-refractivity contribution is 0.0988. The summed E-state index contributed by atoms with van der Waals surface area (Å²) >= 11 is 1.47. The molecule has 0 bridgehead atoms. The van der Waals surface area contributed by atoms with Crippen LogP contribution in [0.5, 0.6) is 11.5 Å². The first-order valence-electron chi connectivity index (χ1n) is 8.09. The Bertz CT molecular complexity index is 1020. The van der Waals surface area contributed by atoms with E-state index in [4.69, 9.17) is 9.47 Å². The molecule has 1 aliphatic rings. The zero-order valence-electron chi connectivity index (χ0n) is 14.3. The molecule has 0 atom stereocenters. The molecule has 0 saturated heterocycles. The number of ether oxygens (including phenoxy) is 2. The number of aromatic nitrogens is 3. The van der Waals surface area contributed by atoms with Gasteiger partial charge in [-0.2, -0.15) is 10.1 Å². The maximum Gasteiger partial charge on any atom is 0.298 e. The minimum Gasteiger partial charge on any atom is -0.486 e. The number of benzene rings is 1. The standard InChI is InChI=1S/C17H18N4O3S/c1-4-21-11-7-12-13(24-6-5-23-12)8-14(11)25-17(21)19-16(22)15-10(2)9-18-20(15)3/h7-9H,4-6H2,1-3H3. The molecule has 0 aliphatic carbocycles. The summed E-state index contributed by atoms with van der Waals surface area (Å²) in [6.07, 6.45) is 1.67. The van der Waals surface area contributed by atoms with Gasteiger partial charge in [0.1, 0.15) is 18.9 Å². The van der Waals surface area contributed by atoms with E-state index < -0.39 is 0 Å². The predicted molar refractivity (Wildman–Crippen MR) is 94.3 cm³/mol. The number of hydrogen-bond acceptors (Lipinski definition) is 5. The van der Waals surface area contributed by atoms with Gasteiger partial charge in [0.2, 0.25) is 0 Å². The smallest absolute Gasteiger partial charge is 0.298 e. The van der Waals surface area contributed by atoms with Crippen LogP contribution in [0, 0.1) is 6.92 Å². The van der Waals surface area contributed by atoms with Crippen molar-refractivity contribution in [3.05, 3.63) is 34.4 Å². The van der Waals surface area contributed by atoms with E-state index in [0.717, 1.165) is 27.3 Å². The van der Waals surface area contributed by atoms with Crippen LogP contribution in [0.3, 0.4) is 0 Å². The fourth-order valence-corrected chi connectivity index (χ4v) is 4.09. The van der Waals surface area contributed by atoms with Gasteiger partial charge in [-0.15, -0.1) is 0 Å². The number of carbonyl (C=O) groups excluding carboxylic acids is 1. The minimum atomic E-state index is -0.288. The van der Waals surface area contributed by atoms with Crippen LogP contribution in [0.4, 0.5) is 0 Å². The van der Waals surface area contributed by atoms with Crippen molar-refractivity contribution in [1.29, 1.82) is 0 Å². The van der Waals surface area contributed by atoms with E-state index in [1.807, 2.05) is 30.5 Å². The average molecular weight is 358 g/mol. The Balaban J connectivity index is 1.88. The van der Waals surface area contributed by atoms with E-state index >= 15 is 0 Å². The predicted octanol–water partition coefficient (Wildman–Crippen LogP) is 2.28. The number of amides is 1. The second-order valence-electron chi connectivity index (χ2n) is 5.81. The third-order valence-corrected chi connectivity index (χ3v) is 5.23. The molecule has 4 rings (SSSR count). The monoisotopic (exact) mass is 358 g/mol. The van der Waals surface area contributed by atoms with Crippen LogP contribution in [0.2, 0.25) is 0 Å². The molecule has 3 heterocycles. The minimum absolute atomic E-state index is 0.288. The van der Waals surface area contributed by atoms with Gasteiger partial charge in [0.05, 0.1) is 16.4 Å². The third-order valence-electron chi connectivity index (χ3n) is 4.18. The summed E-state index contributed by atoms with van der Waals surface area (Å²) in [6, 6.07) is 3.92. The van der Waals surface area contributed by atoms with Crippen molar-refractivity contribution < 1.29 is 14.3 Å². The molecule has 130 valence electrons. The van der Waals surface area contributed by atoms with Crippen molar-refractivity contribution in [2.75, 3.05) is 13.2 Å². The largest absolute Gasteiger partial charge is 0.486 e. The molecule has 0 unspecified atom stereocenters. The Morgan fingerprint density at radius 2 is 2.04 bits per heavy atom. The molecule has 1 aliphatic heterocycles. The lowest BCUT2D eigenvalue weighted by atomic mass is 10.2. The summed E-state index contributed by atoms with van der Waals surface area (Å²) in [7, 11) is 1.75. The van der Waals surface area contributed by atoms with Gasteiger partial charge in [-0.25, -0.2) is 0 Å². The summed E-state index contributed by atoms with van der Waals surface area (Å²) in [5.41, 5.74) is 2.31. The van der Waals surface area contributed by atoms with E-state index in [0.29, 0.717) is 30.3 Å². The highest BCUT2D eigenvalue weighted by Crippen LogP contribution is 2.35. The van der Waals surface area contributed by atoms with Crippen LogP contribution in [-0.2, 0) is 13.6 Å². The molecule has 7 nitrogen and oxygen atoms in total. The number of hydrogen-bond donors (Lipinski definition) is 0. The van der Waals surface area contributed by atoms with Gasteiger partial charge in [0.15, 0.2) is 16.3 Å². The van der Waals surface area contributed by atoms with Crippen LogP contribution in [0.15, 0.2) is 23.3 Å². The Morgan fingerprint density at radius 3 is 2.68 bits per heavy atom. The highest BCUT2D eigenvalue weighted by atomic mass is 32.1. The summed E-state index contributed by atoms with van der Waals surface area (Å²) in [5, 5.41) is 4.12. The first-order valence-corrected chi connectivity index (χ1v) is 8.90. The number of nitrogens with zero attached hydrogens (tertiary/aromatic N) is 4. The summed E-state index contributed by atoms with van der Waals surface area (Å²) < 4.78 is 15.9. The Kier molecular flexibility index (Phi) is 3.84. The first kappa shape index (κ1) is 15.9. The molecule has 25 heavy (non-hydrogen) atoms. The van der Waals surface area contributed by atoms with Crippen molar-refractivity contribution in [3.63, 3.8) is 0 Å². The van der Waals surface area contributed by atoms with Gasteiger partial charge in [0, 0.05) is 31.3 Å². The third kappa shape index (κ3) is 2.62. The molecule has 0 N–H and O–H groups in total. The Hall–Kier alpha value is -2.61. The Morgan fingerprint density at radius 1 is 1.32 bits per heavy atom. The van der Waals surface area contributed by atoms with Crippen LogP contribution < -0.4 is 14.3 Å². The lowest BCUT2D eigenvalue weighted by Crippen LogP contribution is -2.18. The maximum absolute atomic E-state index is 12.6. The van der Waals surface area contributed by atoms with E-state index in [1.165, 1.54) is 11.3 Å². The van der Waals surface area contributed by atoms with Crippen molar-refractivity contribution in [1.82, 2.24) is 14.3 Å². The van der Waals surface area contributed by atoms with Crippen molar-refractivity contribution in [2.24, 2.45) is 12.0 Å². The van der Waals surface area contributed by atoms with Gasteiger partial charge < -0.3 is 14.0 Å². The molecule has 0 spiro atoms. The van der Waals surface area contributed by atoms with Crippen molar-refractivity contribution in [2.45, 2.75) is 20.4 Å². The molecule has 0 radical (unpaired) electrons. The van der Waals surface area contributed by atoms with Crippen molar-refractivity contribution in [3.8, 4) is 11.5 Å². The highest BCUT2D eigenvalue weighted by molar-refractivity contribution is 7.16. The normalized spacial score (nSPS) is 14.3. The van der Waals surface area contributed by atoms with Crippen LogP contribution in [-0.4, -0.2) is 33.5 Å². The molecule has 3 aromatic rings. The summed E-state index contributed by atoms with van der Waals surface area (Å²) in [6.45, 7) is 5.69. The van der Waals surface area contributed by atoms with Gasteiger partial charge in [-0.05, 0) is 13.8 Å². The van der Waals surface area contributed by atoms with E-state index in [-0.39, 0.29) is 5.91 Å². The average Bonchev–Trinajstić information content (AvgIpc) is 3.11. The fraction of sp³-hybridized carbons (Fsp3) is 0.353. The first-order chi connectivity index (χ1) is 12.1. The quantitative estimate of drug-likeness (QED) is 0.705. The van der Waals surface area contributed by atoms with Gasteiger partial charge >= 0.3 is 0 Å². The molecule has 2 aromatic heterocycles. The fourth-order valence-electron chi connectivity index (χ4n) is 2.99. The molecule has 8 heteroatoms. The summed E-state index contributed by atoms with van der Waals surface area (Å²) in [5.74, 6) is 1.19. The molecule has 0 saturated carbocycles. The molecule has 0 fully saturated rings. The second-order valence-corrected chi connectivity index (χ2v) is 6.82. The second kappa shape index (κ2) is 6.03. The van der Waals surface area contributed by atoms with Crippen LogP contribution in [0.25, 0.3) is 10.2 Å². The number of fused-ring (bicyclic) bond motifs is 2. The number of aryl methyl sites for hydroxylation is 3. The van der Waals surface area contributed by atoms with Crippen LogP contribution >= 0.6 is 11.3 Å². The molecular formula is C17H18N4O3S. The highest BCUT2D eigenvalue weighted by Gasteiger charge is 2.18. The van der Waals surface area contributed by atoms with Gasteiger partial charge in [0.25, 0.3) is 5.91 Å². The number of rotatable bonds is 2. The van der Waals surface area contributed by atoms with E-state index in [9.17, 15) is 4.79 Å². The molecular weight excluding hydrogens is 340 g/mol. The number of carbonyl (C=O) groups is 1. The number of thiazole rings is 1. The molecule has 1 amide bonds. The maximum atomic E-state index is 12.6. The zero-order chi connectivity index (χ0) is 17.6. The van der Waals surface area contributed by atoms with Crippen molar-refractivity contribution >= 4 is 27.5 Å².